The van der Waals surface area contributed by atoms with Crippen LogP contribution in [-0.4, -0.2) is 0 Å². The topological polar surface area (TPSA) is 38.0 Å². The highest BCUT2D eigenvalue weighted by atomic mass is 35.5. The molecule has 0 aliphatic heterocycles. The Balaban J connectivity index is 2.43. The van der Waals surface area contributed by atoms with Gasteiger partial charge in [-0.25, -0.2) is 4.39 Å². The SMILES string of the molecule is Cc1cc(Nc2c(Cl)cccc2Cl)c(N)cc1F. The molecule has 18 heavy (non-hydrogen) atoms. The number of halogens is 3. The van der Waals surface area contributed by atoms with Gasteiger partial charge in [0.1, 0.15) is 5.82 Å². The molecule has 0 radical (unpaired) electrons. The lowest BCUT2D eigenvalue weighted by atomic mass is 10.1. The monoisotopic (exact) mass is 284 g/mol. The van der Waals surface area contributed by atoms with Crippen molar-refractivity contribution in [2.45, 2.75) is 6.92 Å². The molecular formula is C13H11Cl2FN2. The number of aryl methyl sites for hydroxylation is 1. The number of para-hydroxylation sites is 1. The number of benzene rings is 2. The predicted molar refractivity (Wildman–Crippen MR) is 75.3 cm³/mol. The zero-order valence-electron chi connectivity index (χ0n) is 9.60. The molecule has 0 spiro atoms. The van der Waals surface area contributed by atoms with Gasteiger partial charge in [0.2, 0.25) is 0 Å². The standard InChI is InChI=1S/C13H11Cl2FN2/c1-7-5-12(11(17)6-10(7)16)18-13-8(14)3-2-4-9(13)15/h2-6,18H,17H2,1H3. The molecule has 0 amide bonds. The number of nitrogens with one attached hydrogen (secondary N) is 1. The molecule has 0 bridgehead atoms. The summed E-state index contributed by atoms with van der Waals surface area (Å²) >= 11 is 12.1. The summed E-state index contributed by atoms with van der Waals surface area (Å²) in [5, 5.41) is 3.97. The second-order valence-corrected chi connectivity index (χ2v) is 4.72. The third kappa shape index (κ3) is 2.52. The molecule has 2 aromatic carbocycles. The summed E-state index contributed by atoms with van der Waals surface area (Å²) in [6.07, 6.45) is 0. The van der Waals surface area contributed by atoms with Crippen molar-refractivity contribution in [1.82, 2.24) is 0 Å². The minimum absolute atomic E-state index is 0.300. The summed E-state index contributed by atoms with van der Waals surface area (Å²) in [4.78, 5) is 0. The van der Waals surface area contributed by atoms with Crippen LogP contribution in [0, 0.1) is 12.7 Å². The first kappa shape index (κ1) is 13.0. The van der Waals surface area contributed by atoms with Gasteiger partial charge in [-0.15, -0.1) is 0 Å². The predicted octanol–water partition coefficient (Wildman–Crippen LogP) is 4.77. The Labute approximate surface area is 115 Å². The minimum Gasteiger partial charge on any atom is -0.397 e. The molecule has 2 nitrogen and oxygen atoms in total. The summed E-state index contributed by atoms with van der Waals surface area (Å²) < 4.78 is 13.3. The zero-order chi connectivity index (χ0) is 13.3. The summed E-state index contributed by atoms with van der Waals surface area (Å²) in [7, 11) is 0. The Hall–Kier alpha value is -1.45. The molecule has 2 rings (SSSR count). The second kappa shape index (κ2) is 5.04. The molecule has 0 aliphatic carbocycles. The van der Waals surface area contributed by atoms with Gasteiger partial charge in [-0.1, -0.05) is 29.3 Å². The molecule has 0 saturated heterocycles. The quantitative estimate of drug-likeness (QED) is 0.780. The molecule has 3 N–H and O–H groups in total. The van der Waals surface area contributed by atoms with E-state index in [9.17, 15) is 4.39 Å². The maximum atomic E-state index is 13.3. The van der Waals surface area contributed by atoms with Gasteiger partial charge in [0, 0.05) is 0 Å². The average Bonchev–Trinajstić information content (AvgIpc) is 2.30. The van der Waals surface area contributed by atoms with Crippen LogP contribution in [0.25, 0.3) is 0 Å². The molecule has 2 aromatic rings. The Morgan fingerprint density at radius 3 is 2.39 bits per heavy atom. The number of rotatable bonds is 2. The van der Waals surface area contributed by atoms with Gasteiger partial charge in [-0.2, -0.15) is 0 Å². The lowest BCUT2D eigenvalue weighted by Gasteiger charge is -2.13. The summed E-state index contributed by atoms with van der Waals surface area (Å²) in [5.74, 6) is -0.344. The fraction of sp³-hybridized carbons (Fsp3) is 0.0769. The van der Waals surface area contributed by atoms with Crippen molar-refractivity contribution in [3.8, 4) is 0 Å². The first-order valence-electron chi connectivity index (χ1n) is 5.25. The number of anilines is 3. The highest BCUT2D eigenvalue weighted by Gasteiger charge is 2.09. The van der Waals surface area contributed by atoms with Crippen molar-refractivity contribution < 1.29 is 4.39 Å². The summed E-state index contributed by atoms with van der Waals surface area (Å²) in [5.41, 5.74) is 7.67. The lowest BCUT2D eigenvalue weighted by molar-refractivity contribution is 0.619. The molecular weight excluding hydrogens is 274 g/mol. The molecule has 0 fully saturated rings. The largest absolute Gasteiger partial charge is 0.397 e. The third-order valence-electron chi connectivity index (χ3n) is 2.55. The van der Waals surface area contributed by atoms with Crippen molar-refractivity contribution in [2.24, 2.45) is 0 Å². The van der Waals surface area contributed by atoms with Gasteiger partial charge in [-0.3, -0.25) is 0 Å². The van der Waals surface area contributed by atoms with Gasteiger partial charge in [0.15, 0.2) is 0 Å². The Bertz CT molecular complexity index is 580. The lowest BCUT2D eigenvalue weighted by Crippen LogP contribution is -1.99. The van der Waals surface area contributed by atoms with Crippen molar-refractivity contribution >= 4 is 40.3 Å². The van der Waals surface area contributed by atoms with Crippen molar-refractivity contribution in [3.63, 3.8) is 0 Å². The highest BCUT2D eigenvalue weighted by molar-refractivity contribution is 6.39. The van der Waals surface area contributed by atoms with Crippen LogP contribution in [0.5, 0.6) is 0 Å². The van der Waals surface area contributed by atoms with E-state index in [-0.39, 0.29) is 5.82 Å². The van der Waals surface area contributed by atoms with E-state index in [1.807, 2.05) is 0 Å². The van der Waals surface area contributed by atoms with Gasteiger partial charge < -0.3 is 11.1 Å². The van der Waals surface area contributed by atoms with Crippen LogP contribution in [0.15, 0.2) is 30.3 Å². The normalized spacial score (nSPS) is 10.4. The molecule has 0 saturated carbocycles. The van der Waals surface area contributed by atoms with Gasteiger partial charge in [-0.05, 0) is 36.8 Å². The van der Waals surface area contributed by atoms with Crippen LogP contribution >= 0.6 is 23.2 Å². The van der Waals surface area contributed by atoms with Crippen LogP contribution in [0.2, 0.25) is 10.0 Å². The number of nitrogen functional groups attached to an aromatic ring is 1. The molecule has 0 aliphatic rings. The van der Waals surface area contributed by atoms with Crippen LogP contribution in [0.3, 0.4) is 0 Å². The minimum atomic E-state index is -0.344. The van der Waals surface area contributed by atoms with Crippen molar-refractivity contribution in [3.05, 3.63) is 51.8 Å². The Morgan fingerprint density at radius 2 is 1.78 bits per heavy atom. The molecule has 0 atom stereocenters. The van der Waals surface area contributed by atoms with E-state index < -0.39 is 0 Å². The van der Waals surface area contributed by atoms with Crippen molar-refractivity contribution in [2.75, 3.05) is 11.1 Å². The second-order valence-electron chi connectivity index (χ2n) is 3.91. The maximum Gasteiger partial charge on any atom is 0.128 e. The van der Waals surface area contributed by atoms with E-state index in [0.717, 1.165) is 0 Å². The first-order chi connectivity index (χ1) is 8.49. The van der Waals surface area contributed by atoms with Gasteiger partial charge in [0.05, 0.1) is 27.1 Å². The smallest absolute Gasteiger partial charge is 0.128 e. The van der Waals surface area contributed by atoms with E-state index in [4.69, 9.17) is 28.9 Å². The van der Waals surface area contributed by atoms with Gasteiger partial charge in [0.25, 0.3) is 0 Å². The van der Waals surface area contributed by atoms with E-state index in [2.05, 4.69) is 5.32 Å². The molecule has 0 unspecified atom stereocenters. The number of nitrogens with two attached hydrogens (primary N) is 1. The zero-order valence-corrected chi connectivity index (χ0v) is 11.1. The van der Waals surface area contributed by atoms with Crippen LogP contribution in [0.1, 0.15) is 5.56 Å². The molecule has 0 aromatic heterocycles. The number of hydrogen-bond donors (Lipinski definition) is 2. The molecule has 0 heterocycles. The Kier molecular flexibility index (Phi) is 3.64. The third-order valence-corrected chi connectivity index (χ3v) is 3.18. The van der Waals surface area contributed by atoms with E-state index in [1.165, 1.54) is 6.07 Å². The van der Waals surface area contributed by atoms with E-state index in [1.54, 1.807) is 31.2 Å². The van der Waals surface area contributed by atoms with E-state index in [0.29, 0.717) is 32.7 Å². The van der Waals surface area contributed by atoms with E-state index >= 15 is 0 Å². The van der Waals surface area contributed by atoms with Crippen LogP contribution < -0.4 is 11.1 Å². The first-order valence-corrected chi connectivity index (χ1v) is 6.01. The van der Waals surface area contributed by atoms with Gasteiger partial charge >= 0.3 is 0 Å². The Morgan fingerprint density at radius 1 is 1.17 bits per heavy atom. The summed E-state index contributed by atoms with van der Waals surface area (Å²) in [6, 6.07) is 8.05. The average molecular weight is 285 g/mol. The summed E-state index contributed by atoms with van der Waals surface area (Å²) in [6.45, 7) is 1.66. The maximum absolute atomic E-state index is 13.3. The number of hydrogen-bond acceptors (Lipinski definition) is 2. The highest BCUT2D eigenvalue weighted by Crippen LogP contribution is 2.34. The molecule has 94 valence electrons. The fourth-order valence-electron chi connectivity index (χ4n) is 1.56. The van der Waals surface area contributed by atoms with Crippen LogP contribution in [0.4, 0.5) is 21.5 Å². The molecule has 5 heteroatoms. The van der Waals surface area contributed by atoms with Crippen molar-refractivity contribution in [1.29, 1.82) is 0 Å². The van der Waals surface area contributed by atoms with Crippen LogP contribution in [-0.2, 0) is 0 Å². The fourth-order valence-corrected chi connectivity index (χ4v) is 2.05.